The summed E-state index contributed by atoms with van der Waals surface area (Å²) in [5.41, 5.74) is 2.24. The first-order valence-electron chi connectivity index (χ1n) is 9.04. The van der Waals surface area contributed by atoms with Gasteiger partial charge in [-0.25, -0.2) is 0 Å². The fourth-order valence-corrected chi connectivity index (χ4v) is 2.91. The molecule has 2 N–H and O–H groups in total. The summed E-state index contributed by atoms with van der Waals surface area (Å²) in [4.78, 5) is 28.5. The molecule has 2 amide bonds. The van der Waals surface area contributed by atoms with Gasteiger partial charge in [0.1, 0.15) is 11.5 Å². The third kappa shape index (κ3) is 5.48. The molecule has 30 heavy (non-hydrogen) atoms. The first-order valence-corrected chi connectivity index (χ1v) is 9.42. The van der Waals surface area contributed by atoms with Crippen LogP contribution in [-0.2, 0) is 4.79 Å². The van der Waals surface area contributed by atoms with Crippen LogP contribution >= 0.6 is 11.6 Å². The summed E-state index contributed by atoms with van der Waals surface area (Å²) >= 11 is 5.92. The molecular formula is C22H20ClN3O4. The number of hydrogen-bond acceptors (Lipinski definition) is 5. The van der Waals surface area contributed by atoms with Crippen molar-refractivity contribution in [3.05, 3.63) is 77.1 Å². The van der Waals surface area contributed by atoms with Gasteiger partial charge >= 0.3 is 0 Å². The zero-order chi connectivity index (χ0) is 21.5. The highest BCUT2D eigenvalue weighted by molar-refractivity contribution is 6.30. The van der Waals surface area contributed by atoms with E-state index in [-0.39, 0.29) is 18.4 Å². The van der Waals surface area contributed by atoms with Gasteiger partial charge in [-0.2, -0.15) is 0 Å². The van der Waals surface area contributed by atoms with Crippen LogP contribution < -0.4 is 20.1 Å². The van der Waals surface area contributed by atoms with Crippen molar-refractivity contribution in [2.75, 3.05) is 24.4 Å². The predicted octanol–water partition coefficient (Wildman–Crippen LogP) is 4.32. The fraction of sp³-hybridized carbons (Fsp3) is 0.136. The van der Waals surface area contributed by atoms with E-state index >= 15 is 0 Å². The summed E-state index contributed by atoms with van der Waals surface area (Å²) in [6, 6.07) is 13.4. The second-order valence-corrected chi connectivity index (χ2v) is 6.79. The van der Waals surface area contributed by atoms with Crippen molar-refractivity contribution in [1.29, 1.82) is 0 Å². The first kappa shape index (κ1) is 21.1. The minimum atomic E-state index is -0.335. The van der Waals surface area contributed by atoms with Crippen LogP contribution in [0.4, 0.5) is 11.4 Å². The van der Waals surface area contributed by atoms with Crippen molar-refractivity contribution in [3.8, 4) is 11.5 Å². The normalized spacial score (nSPS) is 10.2. The fourth-order valence-electron chi connectivity index (χ4n) is 2.68. The van der Waals surface area contributed by atoms with Gasteiger partial charge in [0, 0.05) is 29.2 Å². The summed E-state index contributed by atoms with van der Waals surface area (Å²) in [7, 11) is 1.48. The molecule has 0 atom stereocenters. The van der Waals surface area contributed by atoms with Crippen LogP contribution in [0.25, 0.3) is 0 Å². The Morgan fingerprint density at radius 2 is 1.90 bits per heavy atom. The monoisotopic (exact) mass is 425 g/mol. The highest BCUT2D eigenvalue weighted by atomic mass is 35.5. The smallest absolute Gasteiger partial charge is 0.262 e. The number of anilines is 2. The molecule has 8 heteroatoms. The highest BCUT2D eigenvalue weighted by Gasteiger charge is 2.12. The number of hydrogen-bond donors (Lipinski definition) is 2. The number of amides is 2. The van der Waals surface area contributed by atoms with Crippen molar-refractivity contribution in [3.63, 3.8) is 0 Å². The Morgan fingerprint density at radius 3 is 2.60 bits per heavy atom. The molecule has 0 radical (unpaired) electrons. The number of halogens is 1. The molecule has 0 spiro atoms. The second kappa shape index (κ2) is 9.76. The van der Waals surface area contributed by atoms with Gasteiger partial charge in [0.2, 0.25) is 0 Å². The summed E-state index contributed by atoms with van der Waals surface area (Å²) in [5, 5.41) is 6.10. The summed E-state index contributed by atoms with van der Waals surface area (Å²) in [6.07, 6.45) is 3.06. The zero-order valence-electron chi connectivity index (χ0n) is 16.4. The maximum absolute atomic E-state index is 12.3. The Bertz CT molecular complexity index is 1060. The third-order valence-corrected chi connectivity index (χ3v) is 4.39. The number of aryl methyl sites for hydroxylation is 1. The van der Waals surface area contributed by atoms with E-state index in [9.17, 15) is 9.59 Å². The van der Waals surface area contributed by atoms with E-state index < -0.39 is 0 Å². The van der Waals surface area contributed by atoms with Gasteiger partial charge < -0.3 is 20.1 Å². The van der Waals surface area contributed by atoms with E-state index in [0.717, 1.165) is 5.56 Å². The van der Waals surface area contributed by atoms with Crippen molar-refractivity contribution in [1.82, 2.24) is 4.98 Å². The second-order valence-electron chi connectivity index (χ2n) is 6.36. The number of nitrogens with one attached hydrogen (secondary N) is 2. The Hall–Kier alpha value is -3.58. The van der Waals surface area contributed by atoms with Gasteiger partial charge in [0.15, 0.2) is 6.61 Å². The van der Waals surface area contributed by atoms with Crippen LogP contribution in [0.3, 0.4) is 0 Å². The maximum atomic E-state index is 12.3. The number of aromatic nitrogens is 1. The van der Waals surface area contributed by atoms with Crippen LogP contribution in [0.1, 0.15) is 15.9 Å². The summed E-state index contributed by atoms with van der Waals surface area (Å²) in [5.74, 6) is 0.337. The number of pyridine rings is 1. The molecule has 0 aliphatic heterocycles. The lowest BCUT2D eigenvalue weighted by Crippen LogP contribution is -2.20. The van der Waals surface area contributed by atoms with Crippen LogP contribution in [0.2, 0.25) is 5.02 Å². The van der Waals surface area contributed by atoms with Gasteiger partial charge in [0.05, 0.1) is 18.4 Å². The minimum Gasteiger partial charge on any atom is -0.494 e. The lowest BCUT2D eigenvalue weighted by molar-refractivity contribution is -0.118. The molecule has 154 valence electrons. The van der Waals surface area contributed by atoms with E-state index in [4.69, 9.17) is 21.1 Å². The van der Waals surface area contributed by atoms with E-state index in [1.54, 1.807) is 54.7 Å². The number of carbonyl (C=O) groups is 2. The van der Waals surface area contributed by atoms with E-state index in [0.29, 0.717) is 33.5 Å². The number of methoxy groups -OCH3 is 1. The van der Waals surface area contributed by atoms with Gasteiger partial charge in [-0.1, -0.05) is 11.6 Å². The van der Waals surface area contributed by atoms with Crippen molar-refractivity contribution in [2.24, 2.45) is 0 Å². The molecular weight excluding hydrogens is 406 g/mol. The predicted molar refractivity (Wildman–Crippen MR) is 115 cm³/mol. The molecule has 0 unspecified atom stereocenters. The highest BCUT2D eigenvalue weighted by Crippen LogP contribution is 2.28. The molecule has 1 aromatic heterocycles. The maximum Gasteiger partial charge on any atom is 0.262 e. The number of nitrogens with zero attached hydrogens (tertiary/aromatic N) is 1. The number of benzene rings is 2. The molecule has 1 heterocycles. The lowest BCUT2D eigenvalue weighted by atomic mass is 10.2. The molecule has 0 aliphatic carbocycles. The number of rotatable bonds is 7. The van der Waals surface area contributed by atoms with E-state index in [1.165, 1.54) is 13.3 Å². The average Bonchev–Trinajstić information content (AvgIpc) is 2.74. The van der Waals surface area contributed by atoms with Crippen LogP contribution in [0.5, 0.6) is 11.5 Å². The molecule has 2 aromatic carbocycles. The quantitative estimate of drug-likeness (QED) is 0.588. The number of ether oxygens (including phenoxy) is 2. The van der Waals surface area contributed by atoms with Gasteiger partial charge in [0.25, 0.3) is 11.8 Å². The molecule has 0 fully saturated rings. The molecule has 7 nitrogen and oxygen atoms in total. The van der Waals surface area contributed by atoms with Gasteiger partial charge in [-0.05, 0) is 55.0 Å². The van der Waals surface area contributed by atoms with E-state index in [1.807, 2.05) is 6.92 Å². The third-order valence-electron chi connectivity index (χ3n) is 4.15. The zero-order valence-corrected chi connectivity index (χ0v) is 17.2. The Morgan fingerprint density at radius 1 is 1.07 bits per heavy atom. The SMILES string of the molecule is COc1cc(NC(=O)COc2ccc(Cl)cc2C)ccc1NC(=O)c1cccnc1. The molecule has 0 aliphatic rings. The molecule has 3 rings (SSSR count). The topological polar surface area (TPSA) is 89.5 Å². The standard InChI is InChI=1S/C22H20ClN3O4/c1-14-10-16(23)5-8-19(14)30-13-21(27)25-17-6-7-18(20(11-17)29-2)26-22(28)15-4-3-9-24-12-15/h3-12H,13H2,1-2H3,(H,25,27)(H,26,28). The van der Waals surface area contributed by atoms with Crippen LogP contribution in [-0.4, -0.2) is 30.5 Å². The molecule has 0 saturated carbocycles. The molecule has 3 aromatic rings. The largest absolute Gasteiger partial charge is 0.494 e. The lowest BCUT2D eigenvalue weighted by Gasteiger charge is -2.13. The van der Waals surface area contributed by atoms with Crippen LogP contribution in [0, 0.1) is 6.92 Å². The number of carbonyl (C=O) groups excluding carboxylic acids is 2. The average molecular weight is 426 g/mol. The van der Waals surface area contributed by atoms with Crippen LogP contribution in [0.15, 0.2) is 60.9 Å². The molecule has 0 saturated heterocycles. The summed E-state index contributed by atoms with van der Waals surface area (Å²) < 4.78 is 10.9. The van der Waals surface area contributed by atoms with Gasteiger partial charge in [-0.3, -0.25) is 14.6 Å². The molecule has 0 bridgehead atoms. The minimum absolute atomic E-state index is 0.162. The Kier molecular flexibility index (Phi) is 6.87. The Balaban J connectivity index is 1.62. The van der Waals surface area contributed by atoms with Crippen molar-refractivity contribution in [2.45, 2.75) is 6.92 Å². The van der Waals surface area contributed by atoms with Gasteiger partial charge in [-0.15, -0.1) is 0 Å². The van der Waals surface area contributed by atoms with Crippen molar-refractivity contribution < 1.29 is 19.1 Å². The first-order chi connectivity index (χ1) is 14.5. The summed E-state index contributed by atoms with van der Waals surface area (Å²) in [6.45, 7) is 1.69. The van der Waals surface area contributed by atoms with E-state index in [2.05, 4.69) is 15.6 Å². The van der Waals surface area contributed by atoms with Crippen molar-refractivity contribution >= 4 is 34.8 Å². The Labute approximate surface area is 179 Å².